The molecule has 0 aliphatic heterocycles. The van der Waals surface area contributed by atoms with Crippen LogP contribution in [0.15, 0.2) is 42.6 Å². The third-order valence-electron chi connectivity index (χ3n) is 3.22. The van der Waals surface area contributed by atoms with E-state index in [1.165, 1.54) is 0 Å². The fourth-order valence-corrected chi connectivity index (χ4v) is 2.28. The highest BCUT2D eigenvalue weighted by molar-refractivity contribution is 6.30. The number of aromatic nitrogens is 1. The van der Waals surface area contributed by atoms with Crippen molar-refractivity contribution in [1.29, 1.82) is 0 Å². The smallest absolute Gasteiger partial charge is 0.270 e. The fourth-order valence-electron chi connectivity index (χ4n) is 2.07. The summed E-state index contributed by atoms with van der Waals surface area (Å²) in [4.78, 5) is 16.0. The molecule has 1 aromatic heterocycles. The number of hydrogen-bond donors (Lipinski definition) is 2. The molecule has 1 aromatic carbocycles. The minimum atomic E-state index is -0.208. The Balaban J connectivity index is 1.86. The van der Waals surface area contributed by atoms with E-state index in [2.05, 4.69) is 15.6 Å². The van der Waals surface area contributed by atoms with Crippen molar-refractivity contribution in [3.05, 3.63) is 58.9 Å². The maximum atomic E-state index is 11.9. The zero-order valence-electron chi connectivity index (χ0n) is 13.0. The van der Waals surface area contributed by atoms with Gasteiger partial charge in [-0.05, 0) is 36.2 Å². The van der Waals surface area contributed by atoms with E-state index in [0.29, 0.717) is 18.8 Å². The minimum absolute atomic E-state index is 0.208. The monoisotopic (exact) mass is 333 g/mol. The van der Waals surface area contributed by atoms with Crippen molar-refractivity contribution < 1.29 is 9.53 Å². The molecule has 0 atom stereocenters. The Morgan fingerprint density at radius 2 is 2.13 bits per heavy atom. The van der Waals surface area contributed by atoms with Crippen LogP contribution < -0.4 is 10.6 Å². The van der Waals surface area contributed by atoms with Crippen LogP contribution in [0.2, 0.25) is 5.02 Å². The summed E-state index contributed by atoms with van der Waals surface area (Å²) in [6.45, 7) is 1.68. The Hall–Kier alpha value is -2.11. The molecule has 5 nitrogen and oxygen atoms in total. The van der Waals surface area contributed by atoms with E-state index in [0.717, 1.165) is 29.2 Å². The van der Waals surface area contributed by atoms with Crippen LogP contribution in [0, 0.1) is 0 Å². The molecule has 0 saturated heterocycles. The van der Waals surface area contributed by atoms with Crippen LogP contribution >= 0.6 is 11.6 Å². The number of halogens is 1. The first-order valence-electron chi connectivity index (χ1n) is 7.40. The average molecular weight is 334 g/mol. The van der Waals surface area contributed by atoms with Gasteiger partial charge in [0.05, 0.1) is 6.61 Å². The summed E-state index contributed by atoms with van der Waals surface area (Å²) in [6.07, 6.45) is 2.46. The van der Waals surface area contributed by atoms with Gasteiger partial charge in [-0.25, -0.2) is 0 Å². The third kappa shape index (κ3) is 5.88. The topological polar surface area (TPSA) is 63.2 Å². The molecule has 0 unspecified atom stereocenters. The maximum absolute atomic E-state index is 11.9. The summed E-state index contributed by atoms with van der Waals surface area (Å²) in [5, 5.41) is 6.77. The second-order valence-corrected chi connectivity index (χ2v) is 5.42. The van der Waals surface area contributed by atoms with E-state index in [1.54, 1.807) is 19.4 Å². The van der Waals surface area contributed by atoms with Gasteiger partial charge >= 0.3 is 0 Å². The number of carbonyl (C=O) groups is 1. The van der Waals surface area contributed by atoms with Crippen LogP contribution in [0.1, 0.15) is 16.1 Å². The summed E-state index contributed by atoms with van der Waals surface area (Å²) < 4.78 is 4.90. The lowest BCUT2D eigenvalue weighted by Crippen LogP contribution is -2.27. The van der Waals surface area contributed by atoms with Crippen LogP contribution in [-0.2, 0) is 11.2 Å². The van der Waals surface area contributed by atoms with E-state index < -0.39 is 0 Å². The Bertz CT molecular complexity index is 649. The third-order valence-corrected chi connectivity index (χ3v) is 3.45. The van der Waals surface area contributed by atoms with Gasteiger partial charge in [-0.2, -0.15) is 0 Å². The Kier molecular flexibility index (Phi) is 6.84. The van der Waals surface area contributed by atoms with Gasteiger partial charge in [0.2, 0.25) is 0 Å². The van der Waals surface area contributed by atoms with Gasteiger partial charge in [-0.3, -0.25) is 9.78 Å². The summed E-state index contributed by atoms with van der Waals surface area (Å²) in [5.41, 5.74) is 2.41. The molecule has 2 rings (SSSR count). The van der Waals surface area contributed by atoms with Crippen molar-refractivity contribution in [1.82, 2.24) is 10.3 Å². The highest BCUT2D eigenvalue weighted by Crippen LogP contribution is 2.12. The van der Waals surface area contributed by atoms with Gasteiger partial charge in [0.1, 0.15) is 5.69 Å². The molecular weight excluding hydrogens is 314 g/mol. The number of ether oxygens (including phenoxy) is 1. The summed E-state index contributed by atoms with van der Waals surface area (Å²) in [6, 6.07) is 11.4. The summed E-state index contributed by atoms with van der Waals surface area (Å²) in [7, 11) is 1.59. The van der Waals surface area contributed by atoms with E-state index in [-0.39, 0.29) is 5.91 Å². The van der Waals surface area contributed by atoms with Crippen LogP contribution in [0.4, 0.5) is 5.69 Å². The number of amides is 1. The number of pyridine rings is 1. The minimum Gasteiger partial charge on any atom is -0.385 e. The number of rotatable bonds is 8. The van der Waals surface area contributed by atoms with Crippen LogP contribution in [0.3, 0.4) is 0 Å². The van der Waals surface area contributed by atoms with Crippen molar-refractivity contribution in [3.63, 3.8) is 0 Å². The van der Waals surface area contributed by atoms with E-state index >= 15 is 0 Å². The first-order chi connectivity index (χ1) is 11.2. The normalized spacial score (nSPS) is 10.3. The predicted molar refractivity (Wildman–Crippen MR) is 92.1 cm³/mol. The number of benzene rings is 1. The van der Waals surface area contributed by atoms with Crippen molar-refractivity contribution in [3.8, 4) is 0 Å². The van der Waals surface area contributed by atoms with Gasteiger partial charge in [0.15, 0.2) is 0 Å². The van der Waals surface area contributed by atoms with Gasteiger partial charge in [-0.1, -0.05) is 23.7 Å². The zero-order valence-corrected chi connectivity index (χ0v) is 13.8. The van der Waals surface area contributed by atoms with Crippen molar-refractivity contribution in [2.75, 3.05) is 32.1 Å². The lowest BCUT2D eigenvalue weighted by Gasteiger charge is -2.08. The molecule has 0 bridgehead atoms. The molecular formula is C17H20ClN3O2. The molecule has 23 heavy (non-hydrogen) atoms. The Labute approximate surface area is 141 Å². The van der Waals surface area contributed by atoms with Crippen LogP contribution in [0.5, 0.6) is 0 Å². The largest absolute Gasteiger partial charge is 0.385 e. The molecule has 2 N–H and O–H groups in total. The number of anilines is 1. The molecule has 0 saturated carbocycles. The average Bonchev–Trinajstić information content (AvgIpc) is 2.55. The van der Waals surface area contributed by atoms with E-state index in [4.69, 9.17) is 16.3 Å². The van der Waals surface area contributed by atoms with Crippen molar-refractivity contribution in [2.24, 2.45) is 0 Å². The first-order valence-corrected chi connectivity index (χ1v) is 7.78. The quantitative estimate of drug-likeness (QED) is 0.729. The molecule has 0 radical (unpaired) electrons. The Morgan fingerprint density at radius 1 is 1.26 bits per heavy atom. The number of methoxy groups -OCH3 is 1. The second kappa shape index (κ2) is 9.12. The number of carbonyl (C=O) groups excluding carboxylic acids is 1. The highest BCUT2D eigenvalue weighted by atomic mass is 35.5. The summed E-state index contributed by atoms with van der Waals surface area (Å²) in [5.74, 6) is -0.208. The molecule has 2 aromatic rings. The lowest BCUT2D eigenvalue weighted by molar-refractivity contribution is 0.0932. The van der Waals surface area contributed by atoms with Crippen molar-refractivity contribution >= 4 is 23.2 Å². The molecule has 122 valence electrons. The van der Waals surface area contributed by atoms with Gasteiger partial charge in [0, 0.05) is 37.1 Å². The molecule has 6 heteroatoms. The zero-order chi connectivity index (χ0) is 16.5. The predicted octanol–water partition coefficient (Wildman–Crippen LogP) is 2.77. The molecule has 1 amide bonds. The second-order valence-electron chi connectivity index (χ2n) is 4.99. The molecule has 0 spiro atoms. The van der Waals surface area contributed by atoms with Crippen molar-refractivity contribution in [2.45, 2.75) is 6.42 Å². The van der Waals surface area contributed by atoms with Gasteiger partial charge < -0.3 is 15.4 Å². The van der Waals surface area contributed by atoms with Gasteiger partial charge in [0.25, 0.3) is 5.91 Å². The maximum Gasteiger partial charge on any atom is 0.270 e. The number of nitrogens with zero attached hydrogens (tertiary/aromatic N) is 1. The van der Waals surface area contributed by atoms with Crippen LogP contribution in [0.25, 0.3) is 0 Å². The van der Waals surface area contributed by atoms with E-state index in [1.807, 2.05) is 30.3 Å². The molecule has 0 fully saturated rings. The lowest BCUT2D eigenvalue weighted by atomic mass is 10.1. The standard InChI is InChI=1S/C17H20ClN3O2/c1-23-10-9-21-17(22)16-12-15(6-8-20-16)19-7-5-13-3-2-4-14(18)11-13/h2-4,6,8,11-12H,5,7,9-10H2,1H3,(H,19,20)(H,21,22). The highest BCUT2D eigenvalue weighted by Gasteiger charge is 2.07. The molecule has 1 heterocycles. The number of hydrogen-bond acceptors (Lipinski definition) is 4. The SMILES string of the molecule is COCCNC(=O)c1cc(NCCc2cccc(Cl)c2)ccn1. The van der Waals surface area contributed by atoms with Crippen LogP contribution in [-0.4, -0.2) is 37.7 Å². The molecule has 0 aliphatic carbocycles. The Morgan fingerprint density at radius 3 is 2.91 bits per heavy atom. The first kappa shape index (κ1) is 17.2. The molecule has 0 aliphatic rings. The summed E-state index contributed by atoms with van der Waals surface area (Å²) >= 11 is 5.97. The van der Waals surface area contributed by atoms with E-state index in [9.17, 15) is 4.79 Å². The van der Waals surface area contributed by atoms with Gasteiger partial charge in [-0.15, -0.1) is 0 Å². The fraction of sp³-hybridized carbons (Fsp3) is 0.294. The number of nitrogens with one attached hydrogen (secondary N) is 2.